The van der Waals surface area contributed by atoms with E-state index >= 15 is 4.79 Å². The van der Waals surface area contributed by atoms with Gasteiger partial charge in [-0.05, 0) is 104 Å². The topological polar surface area (TPSA) is 209 Å². The molecule has 17 heteroatoms. The van der Waals surface area contributed by atoms with E-state index in [0.717, 1.165) is 5.56 Å². The van der Waals surface area contributed by atoms with Gasteiger partial charge in [-0.25, -0.2) is 0 Å². The quantitative estimate of drug-likeness (QED) is 0.216. The van der Waals surface area contributed by atoms with Gasteiger partial charge in [0.1, 0.15) is 30.3 Å². The predicted octanol–water partition coefficient (Wildman–Crippen LogP) is 3.24. The van der Waals surface area contributed by atoms with E-state index in [0.29, 0.717) is 38.6 Å². The summed E-state index contributed by atoms with van der Waals surface area (Å²) in [7, 11) is 6.95. The van der Waals surface area contributed by atoms with E-state index in [1.54, 1.807) is 44.5 Å². The van der Waals surface area contributed by atoms with Crippen molar-refractivity contribution in [2.45, 2.75) is 198 Å². The molecule has 0 aromatic heterocycles. The van der Waals surface area contributed by atoms with Gasteiger partial charge in [0.15, 0.2) is 12.6 Å². The molecule has 17 nitrogen and oxygen atoms in total. The lowest BCUT2D eigenvalue weighted by Crippen LogP contribution is -2.61. The van der Waals surface area contributed by atoms with Crippen LogP contribution >= 0.6 is 0 Å². The Balaban J connectivity index is 1.63. The third kappa shape index (κ3) is 13.6. The van der Waals surface area contributed by atoms with Crippen molar-refractivity contribution in [1.29, 1.82) is 0 Å². The molecule has 17 atom stereocenters. The lowest BCUT2D eigenvalue weighted by Gasteiger charge is -2.49. The fraction of sp³-hybridized carbons (Fsp3) is 0.804. The molecule has 0 aliphatic carbocycles. The van der Waals surface area contributed by atoms with Crippen LogP contribution in [0.2, 0.25) is 0 Å². The molecule has 0 spiro atoms. The maximum Gasteiger partial charge on any atom is 0.245 e. The monoisotopic (exact) mass is 960 g/mol. The van der Waals surface area contributed by atoms with Crippen LogP contribution < -0.4 is 10.6 Å². The fourth-order valence-corrected chi connectivity index (χ4v) is 11.1. The number of hydrogen-bond acceptors (Lipinski definition) is 13. The molecular formula is C51H85N5O12. The molecule has 4 aliphatic rings. The SMILES string of the molecule is CO[C@]1(C)C[C@H](O[C@@H]2[C@H](C)[C@@H](O[C@@H]3O[C@H](C)C[C@H](N(C)C)[C@H]3O)[C@](C)(O)C[C@@H](C)CN(C)C(=O)[C@H]3CCCN3C(=O)[C@H](CC(C)C)NC(=O)[C@@H](CCc3ccccc3)NC(=O)[C@@H]2C)O[C@@H](C)[C@@H]1O. The van der Waals surface area contributed by atoms with E-state index in [-0.39, 0.29) is 61.6 Å². The number of nitrogens with zero attached hydrogens (tertiary/aromatic N) is 3. The molecule has 4 amide bonds. The third-order valence-corrected chi connectivity index (χ3v) is 14.9. The molecule has 0 radical (unpaired) electrons. The number of aliphatic hydroxyl groups excluding tert-OH is 2. The van der Waals surface area contributed by atoms with Crippen LogP contribution in [0.4, 0.5) is 0 Å². The number of ether oxygens (including phenoxy) is 5. The Bertz CT molecular complexity index is 1820. The number of fused-ring (bicyclic) bond motifs is 1. The Kier molecular flexibility index (Phi) is 19.5. The molecule has 0 bridgehead atoms. The third-order valence-electron chi connectivity index (χ3n) is 14.9. The van der Waals surface area contributed by atoms with Crippen LogP contribution in [0.15, 0.2) is 30.3 Å². The number of amides is 4. The Morgan fingerprint density at radius 2 is 1.57 bits per heavy atom. The van der Waals surface area contributed by atoms with Crippen molar-refractivity contribution in [2.75, 3.05) is 41.3 Å². The molecule has 68 heavy (non-hydrogen) atoms. The summed E-state index contributed by atoms with van der Waals surface area (Å²) in [5.74, 6) is -3.85. The molecule has 1 aromatic rings. The lowest BCUT2D eigenvalue weighted by molar-refractivity contribution is -0.317. The molecule has 4 fully saturated rings. The first-order chi connectivity index (χ1) is 31.9. The maximum atomic E-state index is 15.0. The summed E-state index contributed by atoms with van der Waals surface area (Å²) in [6, 6.07) is 6.48. The Hall–Kier alpha value is -3.26. The normalized spacial score (nSPS) is 39.8. The summed E-state index contributed by atoms with van der Waals surface area (Å²) >= 11 is 0. The second kappa shape index (κ2) is 23.8. The van der Waals surface area contributed by atoms with Gasteiger partial charge < -0.3 is 64.3 Å². The molecule has 4 heterocycles. The maximum absolute atomic E-state index is 15.0. The van der Waals surface area contributed by atoms with Crippen LogP contribution in [0.3, 0.4) is 0 Å². The Morgan fingerprint density at radius 1 is 0.912 bits per heavy atom. The first-order valence-corrected chi connectivity index (χ1v) is 25.0. The zero-order valence-corrected chi connectivity index (χ0v) is 43.1. The summed E-state index contributed by atoms with van der Waals surface area (Å²) in [5, 5.41) is 41.9. The highest BCUT2D eigenvalue weighted by Gasteiger charge is 2.52. The van der Waals surface area contributed by atoms with Crippen LogP contribution in [0, 0.1) is 23.7 Å². The minimum atomic E-state index is -1.70. The van der Waals surface area contributed by atoms with E-state index in [2.05, 4.69) is 10.6 Å². The number of benzene rings is 1. The minimum Gasteiger partial charge on any atom is -0.387 e. The van der Waals surface area contributed by atoms with Crippen molar-refractivity contribution in [3.05, 3.63) is 35.9 Å². The number of rotatable bonds is 11. The number of likely N-dealkylation sites (N-methyl/N-ethyl adjacent to an activating group) is 2. The van der Waals surface area contributed by atoms with Crippen LogP contribution in [0.1, 0.15) is 113 Å². The average molecular weight is 960 g/mol. The number of methoxy groups -OCH3 is 1. The van der Waals surface area contributed by atoms with E-state index in [4.69, 9.17) is 23.7 Å². The first-order valence-electron chi connectivity index (χ1n) is 25.0. The Labute approximate surface area is 405 Å². The number of aliphatic hydroxyl groups is 3. The second-order valence-corrected chi connectivity index (χ2v) is 21.7. The van der Waals surface area contributed by atoms with Crippen LogP contribution in [0.25, 0.3) is 0 Å². The molecule has 4 aliphatic heterocycles. The van der Waals surface area contributed by atoms with Gasteiger partial charge in [0.25, 0.3) is 0 Å². The summed E-state index contributed by atoms with van der Waals surface area (Å²) < 4.78 is 32.2. The Morgan fingerprint density at radius 3 is 2.21 bits per heavy atom. The fourth-order valence-electron chi connectivity index (χ4n) is 11.1. The first kappa shape index (κ1) is 55.7. The number of aryl methyl sites for hydroxylation is 1. The van der Waals surface area contributed by atoms with Gasteiger partial charge in [0, 0.05) is 45.6 Å². The number of hydrogen-bond donors (Lipinski definition) is 5. The van der Waals surface area contributed by atoms with E-state index in [9.17, 15) is 29.7 Å². The van der Waals surface area contributed by atoms with Crippen LogP contribution in [0.5, 0.6) is 0 Å². The van der Waals surface area contributed by atoms with Crippen molar-refractivity contribution in [2.24, 2.45) is 23.7 Å². The zero-order valence-electron chi connectivity index (χ0n) is 43.1. The smallest absolute Gasteiger partial charge is 0.245 e. The van der Waals surface area contributed by atoms with Crippen molar-refractivity contribution in [3.63, 3.8) is 0 Å². The molecular weight excluding hydrogens is 875 g/mol. The van der Waals surface area contributed by atoms with Gasteiger partial charge in [-0.3, -0.25) is 19.2 Å². The average Bonchev–Trinajstić information content (AvgIpc) is 3.77. The number of carbonyl (C=O) groups excluding carboxylic acids is 4. The van der Waals surface area contributed by atoms with Crippen LogP contribution in [-0.4, -0.2) is 180 Å². The number of nitrogens with one attached hydrogen (secondary N) is 2. The van der Waals surface area contributed by atoms with Crippen molar-refractivity contribution >= 4 is 23.6 Å². The highest BCUT2D eigenvalue weighted by molar-refractivity contribution is 5.94. The summed E-state index contributed by atoms with van der Waals surface area (Å²) in [5.41, 5.74) is -1.83. The molecule has 5 N–H and O–H groups in total. The van der Waals surface area contributed by atoms with E-state index in [1.165, 1.54) is 7.11 Å². The number of carbonyl (C=O) groups is 4. The van der Waals surface area contributed by atoms with E-state index < -0.39 is 96.1 Å². The highest BCUT2D eigenvalue weighted by atomic mass is 16.7. The van der Waals surface area contributed by atoms with Crippen molar-refractivity contribution in [3.8, 4) is 0 Å². The molecule has 0 unspecified atom stereocenters. The molecule has 386 valence electrons. The summed E-state index contributed by atoms with van der Waals surface area (Å²) in [4.78, 5) is 63.7. The van der Waals surface area contributed by atoms with Crippen molar-refractivity contribution < 1.29 is 58.2 Å². The zero-order chi connectivity index (χ0) is 50.4. The van der Waals surface area contributed by atoms with Crippen molar-refractivity contribution in [1.82, 2.24) is 25.3 Å². The molecule has 1 aromatic carbocycles. The van der Waals surface area contributed by atoms with Crippen LogP contribution in [-0.2, 0) is 49.3 Å². The van der Waals surface area contributed by atoms with Gasteiger partial charge in [-0.15, -0.1) is 0 Å². The largest absolute Gasteiger partial charge is 0.387 e. The molecule has 0 saturated carbocycles. The standard InChI is InChI=1S/C51H85N5O12/c1-29(2)24-37-47(61)56-23-17-20-38(56)48(62)55(12)28-30(3)26-50(8,63)44(68-49-41(57)39(54(10)11)25-31(4)65-49)32(5)42(67-40-27-51(9,64-13)43(58)34(7)66-40)33(6)45(59)52-36(46(60)53-37)22-21-35-18-15-14-16-19-35/h14-16,18-19,29-34,36-44,49,57-58,63H,17,20-28H2,1-13H3,(H,52,59)(H,53,60)/t30-,31-,32+,33-,34+,36-,37+,38-,39+,40+,41-,42-,43+,44-,49+,50-,51-/m1/s1. The molecule has 5 rings (SSSR count). The highest BCUT2D eigenvalue weighted by Crippen LogP contribution is 2.39. The van der Waals surface area contributed by atoms with Gasteiger partial charge in [-0.1, -0.05) is 65.0 Å². The predicted molar refractivity (Wildman–Crippen MR) is 256 cm³/mol. The summed E-state index contributed by atoms with van der Waals surface area (Å²) in [6.07, 6.45) is -4.85. The summed E-state index contributed by atoms with van der Waals surface area (Å²) in [6.45, 7) is 17.0. The van der Waals surface area contributed by atoms with Gasteiger partial charge in [-0.2, -0.15) is 0 Å². The van der Waals surface area contributed by atoms with E-state index in [1.807, 2.05) is 83.9 Å². The van der Waals surface area contributed by atoms with Gasteiger partial charge >= 0.3 is 0 Å². The lowest BCUT2D eigenvalue weighted by atomic mass is 9.77. The molecule has 4 saturated heterocycles. The minimum absolute atomic E-state index is 0.00812. The van der Waals surface area contributed by atoms with Gasteiger partial charge in [0.2, 0.25) is 23.6 Å². The van der Waals surface area contributed by atoms with Gasteiger partial charge in [0.05, 0.1) is 41.5 Å². The second-order valence-electron chi connectivity index (χ2n) is 21.7.